The van der Waals surface area contributed by atoms with E-state index in [1.807, 2.05) is 64.1 Å². The first-order valence-corrected chi connectivity index (χ1v) is 9.83. The Kier molecular flexibility index (Phi) is 29.0. The van der Waals surface area contributed by atoms with Gasteiger partial charge < -0.3 is 10.2 Å². The molecule has 3 heteroatoms. The molecule has 27 heavy (non-hydrogen) atoms. The minimum absolute atomic E-state index is 0.347. The predicted octanol–water partition coefficient (Wildman–Crippen LogP) is 5.48. The Hall–Kier alpha value is -1.97. The Bertz CT molecular complexity index is 496. The maximum atomic E-state index is 11.8. The Labute approximate surface area is 167 Å². The summed E-state index contributed by atoms with van der Waals surface area (Å²) in [6, 6.07) is 20.4. The van der Waals surface area contributed by atoms with E-state index in [-0.39, 0.29) is 0 Å². The van der Waals surface area contributed by atoms with Crippen molar-refractivity contribution in [2.24, 2.45) is 0 Å². The van der Waals surface area contributed by atoms with E-state index in [1.54, 1.807) is 0 Å². The maximum Gasteiger partial charge on any atom is 0.137 e. The van der Waals surface area contributed by atoms with Gasteiger partial charge in [0.05, 0.1) is 0 Å². The van der Waals surface area contributed by atoms with Crippen molar-refractivity contribution in [1.29, 1.82) is 0 Å². The van der Waals surface area contributed by atoms with E-state index in [0.29, 0.717) is 18.6 Å². The predicted molar refractivity (Wildman–Crippen MR) is 118 cm³/mol. The number of aryl methyl sites for hydroxylation is 1. The molecule has 0 fully saturated rings. The van der Waals surface area contributed by atoms with Crippen LogP contribution in [0.1, 0.15) is 58.1 Å². The summed E-state index contributed by atoms with van der Waals surface area (Å²) < 4.78 is 0. The van der Waals surface area contributed by atoms with Gasteiger partial charge in [-0.25, -0.2) is 0 Å². The van der Waals surface area contributed by atoms with E-state index < -0.39 is 0 Å². The quantitative estimate of drug-likeness (QED) is 0.629. The highest BCUT2D eigenvalue weighted by molar-refractivity contribution is 5.80. The fourth-order valence-corrected chi connectivity index (χ4v) is 2.21. The smallest absolute Gasteiger partial charge is 0.137 e. The molecule has 0 aliphatic carbocycles. The van der Waals surface area contributed by atoms with Gasteiger partial charge in [-0.05, 0) is 30.4 Å². The number of hydrogen-bond donors (Lipinski definition) is 2. The number of benzene rings is 2. The Balaban J connectivity index is -0.000000638. The summed E-state index contributed by atoms with van der Waals surface area (Å²) in [7, 11) is 2.00. The molecule has 0 aliphatic rings. The molecule has 0 saturated carbocycles. The largest absolute Gasteiger partial charge is 0.400 e. The van der Waals surface area contributed by atoms with Gasteiger partial charge in [-0.1, -0.05) is 88.4 Å². The third-order valence-electron chi connectivity index (χ3n) is 3.26. The van der Waals surface area contributed by atoms with Gasteiger partial charge in [0.2, 0.25) is 0 Å². The van der Waals surface area contributed by atoms with Crippen molar-refractivity contribution >= 4 is 5.78 Å². The summed E-state index contributed by atoms with van der Waals surface area (Å²) in [5.74, 6) is 0.347. The van der Waals surface area contributed by atoms with Crippen molar-refractivity contribution in [3.05, 3.63) is 71.8 Å². The van der Waals surface area contributed by atoms with E-state index in [9.17, 15) is 4.79 Å². The second-order valence-corrected chi connectivity index (χ2v) is 4.89. The highest BCUT2D eigenvalue weighted by Gasteiger charge is 2.03. The highest BCUT2D eigenvalue weighted by atomic mass is 16.2. The van der Waals surface area contributed by atoms with Crippen LogP contribution in [-0.2, 0) is 17.6 Å². The van der Waals surface area contributed by atoms with Crippen LogP contribution in [0.2, 0.25) is 0 Å². The SMILES string of the molecule is CC.CC.CO.CO.O=C(CCCCc1ccccc1)Cc1ccccc1. The van der Waals surface area contributed by atoms with Crippen molar-refractivity contribution in [3.63, 3.8) is 0 Å². The van der Waals surface area contributed by atoms with Crippen LogP contribution in [0.25, 0.3) is 0 Å². The summed E-state index contributed by atoms with van der Waals surface area (Å²) in [5, 5.41) is 14.0. The van der Waals surface area contributed by atoms with E-state index in [0.717, 1.165) is 39.0 Å². The standard InChI is InChI=1S/C18H20O.2C2H6.2CH4O/c19-18(15-17-12-5-2-6-13-17)14-8-7-11-16-9-3-1-4-10-16;4*1-2/h1-6,9-10,12-13H,7-8,11,14-15H2;2*1-2H3;2*2H,1H3. The summed E-state index contributed by atoms with van der Waals surface area (Å²) in [6.07, 6.45) is 4.42. The molecule has 0 aliphatic heterocycles. The third-order valence-corrected chi connectivity index (χ3v) is 3.26. The van der Waals surface area contributed by atoms with Crippen molar-refractivity contribution in [2.45, 2.75) is 59.8 Å². The minimum Gasteiger partial charge on any atom is -0.400 e. The highest BCUT2D eigenvalue weighted by Crippen LogP contribution is 2.08. The molecule has 0 atom stereocenters. The molecule has 154 valence electrons. The molecule has 0 radical (unpaired) electrons. The van der Waals surface area contributed by atoms with Gasteiger partial charge in [-0.2, -0.15) is 0 Å². The summed E-state index contributed by atoms with van der Waals surface area (Å²) in [4.78, 5) is 11.8. The zero-order chi connectivity index (χ0) is 21.3. The lowest BCUT2D eigenvalue weighted by atomic mass is 10.0. The van der Waals surface area contributed by atoms with Gasteiger partial charge in [0.15, 0.2) is 0 Å². The van der Waals surface area contributed by atoms with Crippen molar-refractivity contribution in [1.82, 2.24) is 0 Å². The van der Waals surface area contributed by atoms with E-state index in [2.05, 4.69) is 24.3 Å². The van der Waals surface area contributed by atoms with E-state index in [1.165, 1.54) is 5.56 Å². The molecule has 2 aromatic rings. The lowest BCUT2D eigenvalue weighted by molar-refractivity contribution is -0.118. The van der Waals surface area contributed by atoms with Crippen molar-refractivity contribution in [3.8, 4) is 0 Å². The molecular formula is C24H40O3. The van der Waals surface area contributed by atoms with Crippen LogP contribution in [0.5, 0.6) is 0 Å². The number of aliphatic hydroxyl groups excluding tert-OH is 2. The lowest BCUT2D eigenvalue weighted by Gasteiger charge is -2.02. The zero-order valence-electron chi connectivity index (χ0n) is 18.1. The molecule has 3 nitrogen and oxygen atoms in total. The number of unbranched alkanes of at least 4 members (excludes halogenated alkanes) is 1. The summed E-state index contributed by atoms with van der Waals surface area (Å²) in [5.41, 5.74) is 2.48. The molecule has 2 rings (SSSR count). The molecule has 0 unspecified atom stereocenters. The number of carbonyl (C=O) groups excluding carboxylic acids is 1. The van der Waals surface area contributed by atoms with Gasteiger partial charge in [0, 0.05) is 27.1 Å². The van der Waals surface area contributed by atoms with Crippen molar-refractivity contribution < 1.29 is 15.0 Å². The number of hydrogen-bond acceptors (Lipinski definition) is 3. The molecule has 2 aromatic carbocycles. The topological polar surface area (TPSA) is 57.5 Å². The van der Waals surface area contributed by atoms with E-state index >= 15 is 0 Å². The maximum absolute atomic E-state index is 11.8. The van der Waals surface area contributed by atoms with Crippen LogP contribution in [0.15, 0.2) is 60.7 Å². The normalized spacial score (nSPS) is 8.15. The Morgan fingerprint density at radius 2 is 1.07 bits per heavy atom. The number of Topliss-reactive ketones (excluding diaryl/α,β-unsaturated/α-hetero) is 1. The number of carbonyl (C=O) groups is 1. The number of ketones is 1. The molecule has 0 bridgehead atoms. The van der Waals surface area contributed by atoms with Gasteiger partial charge in [0.25, 0.3) is 0 Å². The third kappa shape index (κ3) is 18.6. The average Bonchev–Trinajstić information content (AvgIpc) is 2.78. The fraction of sp³-hybridized carbons (Fsp3) is 0.458. The molecule has 0 amide bonds. The zero-order valence-corrected chi connectivity index (χ0v) is 18.1. The first kappa shape index (κ1) is 29.8. The van der Waals surface area contributed by atoms with Crippen LogP contribution in [0.4, 0.5) is 0 Å². The van der Waals surface area contributed by atoms with Crippen LogP contribution < -0.4 is 0 Å². The first-order chi connectivity index (χ1) is 13.3. The molecule has 2 N–H and O–H groups in total. The number of aliphatic hydroxyl groups is 2. The second-order valence-electron chi connectivity index (χ2n) is 4.89. The van der Waals surface area contributed by atoms with Crippen LogP contribution in [0.3, 0.4) is 0 Å². The Morgan fingerprint density at radius 3 is 1.52 bits per heavy atom. The summed E-state index contributed by atoms with van der Waals surface area (Å²) >= 11 is 0. The van der Waals surface area contributed by atoms with Gasteiger partial charge in [0.1, 0.15) is 5.78 Å². The summed E-state index contributed by atoms with van der Waals surface area (Å²) in [6.45, 7) is 8.00. The molecule has 0 heterocycles. The Morgan fingerprint density at radius 1 is 0.667 bits per heavy atom. The van der Waals surface area contributed by atoms with Crippen molar-refractivity contribution in [2.75, 3.05) is 14.2 Å². The molecular weight excluding hydrogens is 336 g/mol. The van der Waals surface area contributed by atoms with Gasteiger partial charge in [-0.3, -0.25) is 4.79 Å². The molecule has 0 saturated heterocycles. The van der Waals surface area contributed by atoms with Gasteiger partial charge in [-0.15, -0.1) is 0 Å². The fourth-order valence-electron chi connectivity index (χ4n) is 2.21. The monoisotopic (exact) mass is 376 g/mol. The second kappa shape index (κ2) is 26.3. The van der Waals surface area contributed by atoms with E-state index in [4.69, 9.17) is 10.2 Å². The molecule has 0 aromatic heterocycles. The van der Waals surface area contributed by atoms with Gasteiger partial charge >= 0.3 is 0 Å². The number of rotatable bonds is 7. The minimum atomic E-state index is 0.347. The van der Waals surface area contributed by atoms with Crippen LogP contribution >= 0.6 is 0 Å². The lowest BCUT2D eigenvalue weighted by Crippen LogP contribution is -2.02. The first-order valence-electron chi connectivity index (χ1n) is 9.83. The van der Waals surface area contributed by atoms with Crippen LogP contribution in [0, 0.1) is 0 Å². The average molecular weight is 377 g/mol. The van der Waals surface area contributed by atoms with Crippen LogP contribution in [-0.4, -0.2) is 30.2 Å². The molecule has 0 spiro atoms.